The normalized spacial score (nSPS) is 16.9. The second-order valence-corrected chi connectivity index (χ2v) is 10.7. The smallest absolute Gasteiger partial charge is 0.323 e. The van der Waals surface area contributed by atoms with E-state index in [0.29, 0.717) is 38.4 Å². The van der Waals surface area contributed by atoms with Crippen molar-refractivity contribution < 1.29 is 9.59 Å². The molecule has 1 atom stereocenters. The van der Waals surface area contributed by atoms with Crippen LogP contribution in [-0.2, 0) is 4.79 Å². The van der Waals surface area contributed by atoms with Crippen LogP contribution in [0.4, 0.5) is 21.9 Å². The number of nitrogens with zero attached hydrogens (tertiary/aromatic N) is 2. The van der Waals surface area contributed by atoms with E-state index in [2.05, 4.69) is 20.9 Å². The molecule has 0 aliphatic carbocycles. The number of allylic oxidation sites excluding steroid dienone is 1. The first-order chi connectivity index (χ1) is 18.4. The Labute approximate surface area is 235 Å². The molecular weight excluding hydrogens is 541 g/mol. The minimum atomic E-state index is -0.445. The molecule has 2 aliphatic heterocycles. The number of benzene rings is 3. The molecule has 1 saturated heterocycles. The molecule has 3 N–H and O–H groups in total. The van der Waals surface area contributed by atoms with E-state index < -0.39 is 6.03 Å². The highest BCUT2D eigenvalue weighted by Crippen LogP contribution is 2.40. The third-order valence-corrected chi connectivity index (χ3v) is 7.80. The fourth-order valence-corrected chi connectivity index (χ4v) is 5.96. The SMILES string of the molecule is CC1=C(C(=O)Nc2ccccc2)C(c2cccc(NC(=O)Nc3ccc(Cl)cc3Cl)c2)N2CCCSC2=N1. The summed E-state index contributed by atoms with van der Waals surface area (Å²) < 4.78 is 0. The summed E-state index contributed by atoms with van der Waals surface area (Å²) in [6.45, 7) is 2.65. The molecule has 1 fully saturated rings. The molecule has 7 nitrogen and oxygen atoms in total. The number of rotatable bonds is 5. The van der Waals surface area contributed by atoms with Crippen LogP contribution in [0, 0.1) is 0 Å². The van der Waals surface area contributed by atoms with Crippen molar-refractivity contribution in [2.45, 2.75) is 19.4 Å². The van der Waals surface area contributed by atoms with Gasteiger partial charge in [0, 0.05) is 28.7 Å². The van der Waals surface area contributed by atoms with Crippen LogP contribution in [0.3, 0.4) is 0 Å². The topological polar surface area (TPSA) is 85.8 Å². The summed E-state index contributed by atoms with van der Waals surface area (Å²) >= 11 is 13.8. The number of amides is 3. The van der Waals surface area contributed by atoms with Crippen LogP contribution < -0.4 is 16.0 Å². The summed E-state index contributed by atoms with van der Waals surface area (Å²) in [5.74, 6) is 0.779. The van der Waals surface area contributed by atoms with Gasteiger partial charge in [0.2, 0.25) is 0 Å². The maximum Gasteiger partial charge on any atom is 0.323 e. The molecule has 3 aromatic carbocycles. The molecule has 0 spiro atoms. The van der Waals surface area contributed by atoms with Crippen LogP contribution in [0.25, 0.3) is 0 Å². The largest absolute Gasteiger partial charge is 0.340 e. The van der Waals surface area contributed by atoms with E-state index in [1.165, 1.54) is 0 Å². The molecule has 5 rings (SSSR count). The quantitative estimate of drug-likeness (QED) is 0.301. The van der Waals surface area contributed by atoms with Gasteiger partial charge in [-0.15, -0.1) is 0 Å². The van der Waals surface area contributed by atoms with Crippen molar-refractivity contribution >= 4 is 69.1 Å². The predicted octanol–water partition coefficient (Wildman–Crippen LogP) is 7.40. The van der Waals surface area contributed by atoms with Crippen molar-refractivity contribution in [3.63, 3.8) is 0 Å². The Morgan fingerprint density at radius 2 is 1.74 bits per heavy atom. The number of amidine groups is 1. The molecule has 0 saturated carbocycles. The van der Waals surface area contributed by atoms with Gasteiger partial charge in [-0.25, -0.2) is 9.79 Å². The van der Waals surface area contributed by atoms with E-state index in [9.17, 15) is 9.59 Å². The monoisotopic (exact) mass is 565 g/mol. The van der Waals surface area contributed by atoms with Crippen molar-refractivity contribution in [1.82, 2.24) is 4.90 Å². The average Bonchev–Trinajstić information content (AvgIpc) is 2.90. The number of carbonyl (C=O) groups is 2. The Morgan fingerprint density at radius 1 is 0.947 bits per heavy atom. The zero-order valence-corrected chi connectivity index (χ0v) is 22.8. The van der Waals surface area contributed by atoms with E-state index in [4.69, 9.17) is 28.2 Å². The van der Waals surface area contributed by atoms with Gasteiger partial charge in [0.25, 0.3) is 5.91 Å². The number of aliphatic imine (C=N–C) groups is 1. The van der Waals surface area contributed by atoms with Crippen LogP contribution in [-0.4, -0.2) is 34.3 Å². The molecule has 3 aromatic rings. The number of urea groups is 1. The lowest BCUT2D eigenvalue weighted by Crippen LogP contribution is -2.43. The van der Waals surface area contributed by atoms with Crippen LogP contribution in [0.1, 0.15) is 24.9 Å². The number of nitrogens with one attached hydrogen (secondary N) is 3. The molecule has 0 radical (unpaired) electrons. The summed E-state index contributed by atoms with van der Waals surface area (Å²) in [5.41, 5.74) is 3.88. The van der Waals surface area contributed by atoms with Gasteiger partial charge in [0.05, 0.1) is 28.0 Å². The lowest BCUT2D eigenvalue weighted by molar-refractivity contribution is -0.113. The Kier molecular flexibility index (Phi) is 7.93. The Hall–Kier alpha value is -3.46. The molecule has 2 heterocycles. The van der Waals surface area contributed by atoms with Gasteiger partial charge in [0.15, 0.2) is 5.17 Å². The lowest BCUT2D eigenvalue weighted by Gasteiger charge is -2.41. The van der Waals surface area contributed by atoms with Crippen LogP contribution in [0.5, 0.6) is 0 Å². The van der Waals surface area contributed by atoms with Gasteiger partial charge in [-0.05, 0) is 61.4 Å². The van der Waals surface area contributed by atoms with Gasteiger partial charge < -0.3 is 20.9 Å². The van der Waals surface area contributed by atoms with E-state index in [0.717, 1.165) is 29.4 Å². The van der Waals surface area contributed by atoms with Gasteiger partial charge in [-0.1, -0.05) is 65.3 Å². The van der Waals surface area contributed by atoms with Crippen molar-refractivity contribution in [1.29, 1.82) is 0 Å². The molecule has 2 aliphatic rings. The molecular formula is C28H25Cl2N5O2S. The van der Waals surface area contributed by atoms with E-state index in [1.54, 1.807) is 36.0 Å². The van der Waals surface area contributed by atoms with Gasteiger partial charge in [-0.3, -0.25) is 4.79 Å². The average molecular weight is 567 g/mol. The Bertz CT molecular complexity index is 1440. The molecule has 1 unspecified atom stereocenters. The van der Waals surface area contributed by atoms with E-state index >= 15 is 0 Å². The van der Waals surface area contributed by atoms with Crippen LogP contribution >= 0.6 is 35.0 Å². The van der Waals surface area contributed by atoms with Crippen molar-refractivity contribution in [2.75, 3.05) is 28.2 Å². The molecule has 38 heavy (non-hydrogen) atoms. The first kappa shape index (κ1) is 26.2. The Balaban J connectivity index is 1.43. The van der Waals surface area contributed by atoms with E-state index in [1.807, 2.05) is 55.5 Å². The van der Waals surface area contributed by atoms with E-state index in [-0.39, 0.29) is 11.9 Å². The standard InChI is InChI=1S/C28H25Cl2N5O2S/c1-17-24(26(36)32-20-8-3-2-4-9-20)25(35-13-6-14-38-28(35)31-17)18-7-5-10-21(15-18)33-27(37)34-23-12-11-19(29)16-22(23)30/h2-5,7-12,15-16,25H,6,13-14H2,1H3,(H,32,36)(H2,33,34,37). The van der Waals surface area contributed by atoms with Crippen molar-refractivity contribution in [3.8, 4) is 0 Å². The fourth-order valence-electron chi connectivity index (χ4n) is 4.49. The zero-order chi connectivity index (χ0) is 26.6. The fraction of sp³-hybridized carbons (Fsp3) is 0.179. The maximum absolute atomic E-state index is 13.6. The minimum absolute atomic E-state index is 0.203. The summed E-state index contributed by atoms with van der Waals surface area (Å²) in [6.07, 6.45) is 0.981. The van der Waals surface area contributed by atoms with Gasteiger partial charge in [0.1, 0.15) is 0 Å². The number of carbonyl (C=O) groups excluding carboxylic acids is 2. The van der Waals surface area contributed by atoms with Crippen molar-refractivity contribution in [2.24, 2.45) is 4.99 Å². The molecule has 194 valence electrons. The third-order valence-electron chi connectivity index (χ3n) is 6.17. The molecule has 0 bridgehead atoms. The summed E-state index contributed by atoms with van der Waals surface area (Å²) in [5, 5.41) is 10.4. The van der Waals surface area contributed by atoms with Gasteiger partial charge >= 0.3 is 6.03 Å². The van der Waals surface area contributed by atoms with Crippen LogP contribution in [0.15, 0.2) is 89.1 Å². The van der Waals surface area contributed by atoms with Gasteiger partial charge in [-0.2, -0.15) is 0 Å². The highest BCUT2D eigenvalue weighted by atomic mass is 35.5. The van der Waals surface area contributed by atoms with Crippen molar-refractivity contribution in [3.05, 3.63) is 99.7 Å². The summed E-state index contributed by atoms with van der Waals surface area (Å²) in [4.78, 5) is 33.3. The molecule has 3 amide bonds. The number of thioether (sulfide) groups is 1. The second kappa shape index (κ2) is 11.5. The zero-order valence-electron chi connectivity index (χ0n) is 20.5. The number of hydrogen-bond acceptors (Lipinski definition) is 5. The molecule has 0 aromatic heterocycles. The molecule has 10 heteroatoms. The number of halogens is 2. The lowest BCUT2D eigenvalue weighted by atomic mass is 9.93. The minimum Gasteiger partial charge on any atom is -0.340 e. The number of fused-ring (bicyclic) bond motifs is 1. The highest BCUT2D eigenvalue weighted by molar-refractivity contribution is 8.13. The summed E-state index contributed by atoms with van der Waals surface area (Å²) in [7, 11) is 0. The third kappa shape index (κ3) is 5.83. The van der Waals surface area contributed by atoms with Crippen LogP contribution in [0.2, 0.25) is 10.0 Å². The number of hydrogen-bond donors (Lipinski definition) is 3. The number of para-hydroxylation sites is 1. The second-order valence-electron chi connectivity index (χ2n) is 8.84. The predicted molar refractivity (Wildman–Crippen MR) is 157 cm³/mol. The number of anilines is 3. The highest BCUT2D eigenvalue weighted by Gasteiger charge is 2.37. The summed E-state index contributed by atoms with van der Waals surface area (Å²) in [6, 6.07) is 21.0. The first-order valence-electron chi connectivity index (χ1n) is 12.1. The first-order valence-corrected chi connectivity index (χ1v) is 13.8. The maximum atomic E-state index is 13.6. The Morgan fingerprint density at radius 3 is 2.53 bits per heavy atom.